The zero-order valence-electron chi connectivity index (χ0n) is 10.6. The highest BCUT2D eigenvalue weighted by atomic mass is 16.6. The van der Waals surface area contributed by atoms with E-state index in [9.17, 15) is 14.7 Å². The zero-order valence-corrected chi connectivity index (χ0v) is 10.6. The number of piperidine rings is 1. The highest BCUT2D eigenvalue weighted by Gasteiger charge is 2.41. The van der Waals surface area contributed by atoms with Crippen LogP contribution in [0, 0.1) is 5.41 Å². The lowest BCUT2D eigenvalue weighted by Crippen LogP contribution is -2.49. The first-order valence-electron chi connectivity index (χ1n) is 6.46. The lowest BCUT2D eigenvalue weighted by atomic mass is 9.77. The van der Waals surface area contributed by atoms with Gasteiger partial charge in [-0.15, -0.1) is 0 Å². The van der Waals surface area contributed by atoms with E-state index in [4.69, 9.17) is 4.74 Å². The molecule has 102 valence electrons. The van der Waals surface area contributed by atoms with Gasteiger partial charge in [0, 0.05) is 13.1 Å². The van der Waals surface area contributed by atoms with Gasteiger partial charge in [-0.25, -0.2) is 4.79 Å². The lowest BCUT2D eigenvalue weighted by molar-refractivity contribution is -0.153. The number of rotatable bonds is 4. The molecule has 6 nitrogen and oxygen atoms in total. The van der Waals surface area contributed by atoms with Crippen molar-refractivity contribution < 1.29 is 19.4 Å². The molecule has 2 fully saturated rings. The molecule has 0 aliphatic carbocycles. The van der Waals surface area contributed by atoms with E-state index in [1.807, 2.05) is 6.92 Å². The molecule has 2 rings (SSSR count). The Morgan fingerprint density at radius 2 is 2.44 bits per heavy atom. The minimum absolute atomic E-state index is 0.154. The molecule has 1 amide bonds. The predicted octanol–water partition coefficient (Wildman–Crippen LogP) is 0.672. The number of hydrogen-bond acceptors (Lipinski definition) is 4. The average molecular weight is 256 g/mol. The van der Waals surface area contributed by atoms with Crippen LogP contribution in [-0.2, 0) is 9.53 Å². The van der Waals surface area contributed by atoms with Crippen LogP contribution in [0.5, 0.6) is 0 Å². The molecular formula is C12H20N2O4. The number of carbonyl (C=O) groups is 2. The summed E-state index contributed by atoms with van der Waals surface area (Å²) in [5.74, 6) is -0.712. The summed E-state index contributed by atoms with van der Waals surface area (Å²) in [5.41, 5.74) is -0.631. The molecule has 2 saturated heterocycles. The molecule has 2 N–H and O–H groups in total. The monoisotopic (exact) mass is 256 g/mol. The predicted molar refractivity (Wildman–Crippen MR) is 64.3 cm³/mol. The van der Waals surface area contributed by atoms with Crippen LogP contribution in [-0.4, -0.2) is 54.4 Å². The quantitative estimate of drug-likeness (QED) is 0.773. The van der Waals surface area contributed by atoms with Crippen molar-refractivity contribution in [3.63, 3.8) is 0 Å². The number of amides is 1. The first-order valence-corrected chi connectivity index (χ1v) is 6.46. The van der Waals surface area contributed by atoms with E-state index < -0.39 is 11.4 Å². The number of aliphatic carboxylic acids is 1. The van der Waals surface area contributed by atoms with Crippen molar-refractivity contribution in [2.24, 2.45) is 5.41 Å². The largest absolute Gasteiger partial charge is 0.481 e. The van der Waals surface area contributed by atoms with Crippen LogP contribution in [0.2, 0.25) is 0 Å². The maximum Gasteiger partial charge on any atom is 0.407 e. The van der Waals surface area contributed by atoms with E-state index in [1.54, 1.807) is 0 Å². The number of carbonyl (C=O) groups excluding carboxylic acids is 1. The van der Waals surface area contributed by atoms with Gasteiger partial charge in [0.1, 0.15) is 6.10 Å². The SMILES string of the molecule is CCC1(C(=O)O)CCCN(CC2CNC(=O)O2)C1. The number of ether oxygens (including phenoxy) is 1. The van der Waals surface area contributed by atoms with E-state index in [1.165, 1.54) is 0 Å². The third kappa shape index (κ3) is 2.58. The van der Waals surface area contributed by atoms with Crippen LogP contribution < -0.4 is 5.32 Å². The highest BCUT2D eigenvalue weighted by Crippen LogP contribution is 2.33. The van der Waals surface area contributed by atoms with Gasteiger partial charge in [0.15, 0.2) is 0 Å². The van der Waals surface area contributed by atoms with E-state index in [0.29, 0.717) is 26.1 Å². The average Bonchev–Trinajstić information content (AvgIpc) is 2.74. The van der Waals surface area contributed by atoms with E-state index in [-0.39, 0.29) is 12.2 Å². The summed E-state index contributed by atoms with van der Waals surface area (Å²) in [5, 5.41) is 12.0. The molecule has 18 heavy (non-hydrogen) atoms. The molecule has 0 aromatic rings. The fraction of sp³-hybridized carbons (Fsp3) is 0.833. The maximum atomic E-state index is 11.4. The molecule has 0 saturated carbocycles. The molecule has 0 spiro atoms. The van der Waals surface area contributed by atoms with Crippen LogP contribution in [0.25, 0.3) is 0 Å². The van der Waals surface area contributed by atoms with Crippen LogP contribution in [0.3, 0.4) is 0 Å². The van der Waals surface area contributed by atoms with Crippen molar-refractivity contribution >= 4 is 12.1 Å². The van der Waals surface area contributed by atoms with Gasteiger partial charge in [-0.1, -0.05) is 6.92 Å². The van der Waals surface area contributed by atoms with Crippen molar-refractivity contribution in [3.8, 4) is 0 Å². The summed E-state index contributed by atoms with van der Waals surface area (Å²) in [6, 6.07) is 0. The number of cyclic esters (lactones) is 1. The highest BCUT2D eigenvalue weighted by molar-refractivity contribution is 5.75. The van der Waals surface area contributed by atoms with Gasteiger partial charge in [-0.05, 0) is 25.8 Å². The fourth-order valence-electron chi connectivity index (χ4n) is 2.82. The second kappa shape index (κ2) is 5.14. The number of carboxylic acids is 1. The summed E-state index contributed by atoms with van der Waals surface area (Å²) in [7, 11) is 0. The van der Waals surface area contributed by atoms with Crippen LogP contribution >= 0.6 is 0 Å². The van der Waals surface area contributed by atoms with Gasteiger partial charge in [-0.2, -0.15) is 0 Å². The maximum absolute atomic E-state index is 11.4. The Bertz CT molecular complexity index is 347. The number of carboxylic acid groups (broad SMARTS) is 1. The Balaban J connectivity index is 1.94. The molecule has 2 heterocycles. The minimum atomic E-state index is -0.712. The van der Waals surface area contributed by atoms with E-state index >= 15 is 0 Å². The molecular weight excluding hydrogens is 236 g/mol. The van der Waals surface area contributed by atoms with Gasteiger partial charge in [0.05, 0.1) is 12.0 Å². The zero-order chi connectivity index (χ0) is 13.2. The topological polar surface area (TPSA) is 78.9 Å². The molecule has 0 bridgehead atoms. The number of nitrogens with one attached hydrogen (secondary N) is 1. The number of hydrogen-bond donors (Lipinski definition) is 2. The van der Waals surface area contributed by atoms with Gasteiger partial charge < -0.3 is 15.2 Å². The number of nitrogens with zero attached hydrogens (tertiary/aromatic N) is 1. The van der Waals surface area contributed by atoms with Crippen LogP contribution in [0.15, 0.2) is 0 Å². The molecule has 2 atom stereocenters. The van der Waals surface area contributed by atoms with Crippen molar-refractivity contribution in [3.05, 3.63) is 0 Å². The summed E-state index contributed by atoms with van der Waals surface area (Å²) in [6.45, 7) is 4.49. The molecule has 2 aliphatic rings. The van der Waals surface area contributed by atoms with Gasteiger partial charge in [0.25, 0.3) is 0 Å². The Hall–Kier alpha value is -1.30. The molecule has 0 aromatic carbocycles. The third-order valence-corrected chi connectivity index (χ3v) is 4.00. The van der Waals surface area contributed by atoms with Crippen molar-refractivity contribution in [1.82, 2.24) is 10.2 Å². The Morgan fingerprint density at radius 3 is 3.00 bits per heavy atom. The molecule has 0 radical (unpaired) electrons. The van der Waals surface area contributed by atoms with Crippen LogP contribution in [0.4, 0.5) is 4.79 Å². The molecule has 2 aliphatic heterocycles. The number of alkyl carbamates (subject to hydrolysis) is 1. The first kappa shape index (κ1) is 13.1. The smallest absolute Gasteiger partial charge is 0.407 e. The standard InChI is InChI=1S/C12H20N2O4/c1-2-12(10(15)16)4-3-5-14(8-12)7-9-6-13-11(17)18-9/h9H,2-8H2,1H3,(H,13,17)(H,15,16). The fourth-order valence-corrected chi connectivity index (χ4v) is 2.82. The van der Waals surface area contributed by atoms with Crippen LogP contribution in [0.1, 0.15) is 26.2 Å². The van der Waals surface area contributed by atoms with Gasteiger partial charge in [0.2, 0.25) is 0 Å². The first-order chi connectivity index (χ1) is 8.55. The Morgan fingerprint density at radius 1 is 1.67 bits per heavy atom. The lowest BCUT2D eigenvalue weighted by Gasteiger charge is -2.39. The van der Waals surface area contributed by atoms with Gasteiger partial charge >= 0.3 is 12.1 Å². The van der Waals surface area contributed by atoms with Gasteiger partial charge in [-0.3, -0.25) is 9.69 Å². The van der Waals surface area contributed by atoms with E-state index in [0.717, 1.165) is 19.4 Å². The summed E-state index contributed by atoms with van der Waals surface area (Å²) in [4.78, 5) is 24.5. The normalized spacial score (nSPS) is 32.9. The van der Waals surface area contributed by atoms with Crippen molar-refractivity contribution in [2.45, 2.75) is 32.3 Å². The van der Waals surface area contributed by atoms with Crippen molar-refractivity contribution in [2.75, 3.05) is 26.2 Å². The minimum Gasteiger partial charge on any atom is -0.481 e. The summed E-state index contributed by atoms with van der Waals surface area (Å²) in [6.07, 6.45) is 1.73. The number of likely N-dealkylation sites (tertiary alicyclic amines) is 1. The van der Waals surface area contributed by atoms with Crippen molar-refractivity contribution in [1.29, 1.82) is 0 Å². The molecule has 0 aromatic heterocycles. The van der Waals surface area contributed by atoms with E-state index in [2.05, 4.69) is 10.2 Å². The molecule has 6 heteroatoms. The summed E-state index contributed by atoms with van der Waals surface area (Å²) >= 11 is 0. The second-order valence-electron chi connectivity index (χ2n) is 5.19. The molecule has 2 unspecified atom stereocenters. The Kier molecular flexibility index (Phi) is 3.75. The third-order valence-electron chi connectivity index (χ3n) is 4.00. The summed E-state index contributed by atoms with van der Waals surface area (Å²) < 4.78 is 5.09. The second-order valence-corrected chi connectivity index (χ2v) is 5.19. The Labute approximate surface area is 106 Å².